The molecule has 118 valence electrons. The van der Waals surface area contributed by atoms with E-state index in [1.807, 2.05) is 24.3 Å². The molecule has 0 unspecified atom stereocenters. The number of benzene rings is 2. The Morgan fingerprint density at radius 3 is 2.61 bits per heavy atom. The van der Waals surface area contributed by atoms with Crippen LogP contribution in [-0.4, -0.2) is 22.5 Å². The van der Waals surface area contributed by atoms with E-state index in [9.17, 15) is 4.79 Å². The second-order valence-electron chi connectivity index (χ2n) is 5.58. The number of imidazole rings is 1. The number of aromatic nitrogens is 2. The van der Waals surface area contributed by atoms with Crippen molar-refractivity contribution in [1.82, 2.24) is 14.9 Å². The molecular weight excluding hydrogens is 286 g/mol. The second-order valence-corrected chi connectivity index (χ2v) is 5.58. The molecule has 1 amide bonds. The number of nitrogens with one attached hydrogen (secondary N) is 1. The molecule has 0 bridgehead atoms. The lowest BCUT2D eigenvalue weighted by molar-refractivity contribution is -0.109. The van der Waals surface area contributed by atoms with Crippen molar-refractivity contribution in [2.75, 3.05) is 6.54 Å². The number of carbonyl (C=O) groups is 1. The third-order valence-electron chi connectivity index (χ3n) is 4.00. The Hall–Kier alpha value is -2.62. The maximum Gasteiger partial charge on any atom is 0.207 e. The van der Waals surface area contributed by atoms with E-state index in [1.165, 1.54) is 11.1 Å². The van der Waals surface area contributed by atoms with Crippen molar-refractivity contribution >= 4 is 17.4 Å². The maximum atomic E-state index is 10.4. The summed E-state index contributed by atoms with van der Waals surface area (Å²) in [6.45, 7) is 1.55. The predicted octanol–water partition coefficient (Wildman–Crippen LogP) is 2.96. The van der Waals surface area contributed by atoms with Crippen LogP contribution in [0.25, 0.3) is 11.0 Å². The van der Waals surface area contributed by atoms with E-state index in [1.54, 1.807) is 0 Å². The molecule has 2 aromatic carbocycles. The maximum absolute atomic E-state index is 10.4. The topological polar surface area (TPSA) is 46.9 Å². The predicted molar refractivity (Wildman–Crippen MR) is 92.3 cm³/mol. The van der Waals surface area contributed by atoms with Gasteiger partial charge in [0, 0.05) is 19.5 Å². The van der Waals surface area contributed by atoms with Crippen molar-refractivity contribution in [1.29, 1.82) is 0 Å². The number of fused-ring (bicyclic) bond motifs is 1. The second kappa shape index (κ2) is 7.58. The number of hydrogen-bond acceptors (Lipinski definition) is 2. The summed E-state index contributed by atoms with van der Waals surface area (Å²) in [5, 5.41) is 2.72. The minimum absolute atomic E-state index is 0.617. The van der Waals surface area contributed by atoms with Crippen LogP contribution in [0.3, 0.4) is 0 Å². The van der Waals surface area contributed by atoms with Crippen molar-refractivity contribution < 1.29 is 4.79 Å². The molecule has 1 heterocycles. The zero-order valence-corrected chi connectivity index (χ0v) is 13.1. The largest absolute Gasteiger partial charge is 0.358 e. The fourth-order valence-corrected chi connectivity index (χ4v) is 2.89. The number of hydrogen-bond donors (Lipinski definition) is 1. The summed E-state index contributed by atoms with van der Waals surface area (Å²) in [4.78, 5) is 15.2. The van der Waals surface area contributed by atoms with Gasteiger partial charge in [-0.2, -0.15) is 0 Å². The zero-order valence-electron chi connectivity index (χ0n) is 13.1. The van der Waals surface area contributed by atoms with Gasteiger partial charge in [-0.1, -0.05) is 42.5 Å². The van der Waals surface area contributed by atoms with Crippen LogP contribution in [0.15, 0.2) is 54.6 Å². The van der Waals surface area contributed by atoms with Gasteiger partial charge in [-0.15, -0.1) is 0 Å². The summed E-state index contributed by atoms with van der Waals surface area (Å²) in [5.41, 5.74) is 3.55. The lowest BCUT2D eigenvalue weighted by Gasteiger charge is -2.09. The Labute approximate surface area is 136 Å². The van der Waals surface area contributed by atoms with Gasteiger partial charge in [0.25, 0.3) is 0 Å². The van der Waals surface area contributed by atoms with Crippen LogP contribution in [-0.2, 0) is 24.2 Å². The smallest absolute Gasteiger partial charge is 0.207 e. The molecule has 0 spiro atoms. The Bertz CT molecular complexity index is 765. The zero-order chi connectivity index (χ0) is 15.9. The van der Waals surface area contributed by atoms with Gasteiger partial charge in [0.05, 0.1) is 11.0 Å². The van der Waals surface area contributed by atoms with Crippen LogP contribution in [0.4, 0.5) is 0 Å². The minimum atomic E-state index is 0.617. The van der Waals surface area contributed by atoms with Crippen LogP contribution in [0.2, 0.25) is 0 Å². The molecule has 0 radical (unpaired) electrons. The van der Waals surface area contributed by atoms with Crippen molar-refractivity contribution in [3.05, 3.63) is 66.0 Å². The molecule has 0 aliphatic carbocycles. The SMILES string of the molecule is O=CNCCc1nc2ccccc2n1CCCc1ccccc1. The molecule has 0 aliphatic heterocycles. The molecule has 0 fully saturated rings. The number of carbonyl (C=O) groups excluding carboxylic acids is 1. The summed E-state index contributed by atoms with van der Waals surface area (Å²) in [5.74, 6) is 1.04. The van der Waals surface area contributed by atoms with Gasteiger partial charge in [0.2, 0.25) is 6.41 Å². The molecule has 3 rings (SSSR count). The molecule has 0 atom stereocenters. The van der Waals surface area contributed by atoms with E-state index in [2.05, 4.69) is 40.2 Å². The summed E-state index contributed by atoms with van der Waals surface area (Å²) in [6, 6.07) is 18.8. The first-order valence-electron chi connectivity index (χ1n) is 8.03. The highest BCUT2D eigenvalue weighted by atomic mass is 16.1. The van der Waals surface area contributed by atoms with Crippen LogP contribution >= 0.6 is 0 Å². The lowest BCUT2D eigenvalue weighted by atomic mass is 10.1. The van der Waals surface area contributed by atoms with Gasteiger partial charge >= 0.3 is 0 Å². The van der Waals surface area contributed by atoms with Crippen LogP contribution in [0.1, 0.15) is 17.8 Å². The highest BCUT2D eigenvalue weighted by Crippen LogP contribution is 2.17. The molecule has 4 heteroatoms. The Morgan fingerprint density at radius 2 is 1.78 bits per heavy atom. The van der Waals surface area contributed by atoms with Gasteiger partial charge in [-0.25, -0.2) is 4.98 Å². The average Bonchev–Trinajstić information content (AvgIpc) is 2.94. The van der Waals surface area contributed by atoms with Crippen molar-refractivity contribution in [3.63, 3.8) is 0 Å². The van der Waals surface area contributed by atoms with E-state index in [0.29, 0.717) is 6.54 Å². The van der Waals surface area contributed by atoms with Crippen LogP contribution in [0.5, 0.6) is 0 Å². The van der Waals surface area contributed by atoms with Crippen molar-refractivity contribution in [3.8, 4) is 0 Å². The minimum Gasteiger partial charge on any atom is -0.358 e. The number of para-hydroxylation sites is 2. The summed E-state index contributed by atoms with van der Waals surface area (Å²) >= 11 is 0. The van der Waals surface area contributed by atoms with Crippen LogP contribution in [0, 0.1) is 0 Å². The highest BCUT2D eigenvalue weighted by molar-refractivity contribution is 5.75. The molecule has 0 saturated carbocycles. The molecule has 1 aromatic heterocycles. The first-order valence-corrected chi connectivity index (χ1v) is 8.03. The van der Waals surface area contributed by atoms with Gasteiger partial charge in [0.15, 0.2) is 0 Å². The Kier molecular flexibility index (Phi) is 5.04. The molecule has 1 N–H and O–H groups in total. The first-order chi connectivity index (χ1) is 11.4. The van der Waals surface area contributed by atoms with Crippen molar-refractivity contribution in [2.45, 2.75) is 25.8 Å². The number of nitrogens with zero attached hydrogens (tertiary/aromatic N) is 2. The molecule has 3 aromatic rings. The third-order valence-corrected chi connectivity index (χ3v) is 4.00. The summed E-state index contributed by atoms with van der Waals surface area (Å²) in [7, 11) is 0. The van der Waals surface area contributed by atoms with E-state index in [0.717, 1.165) is 43.6 Å². The monoisotopic (exact) mass is 307 g/mol. The average molecular weight is 307 g/mol. The Morgan fingerprint density at radius 1 is 1.00 bits per heavy atom. The van der Waals surface area contributed by atoms with Gasteiger partial charge in [0.1, 0.15) is 5.82 Å². The number of rotatable bonds is 8. The fourth-order valence-electron chi connectivity index (χ4n) is 2.89. The molecule has 4 nitrogen and oxygen atoms in total. The molecule has 0 saturated heterocycles. The van der Waals surface area contributed by atoms with Gasteiger partial charge in [-0.05, 0) is 30.5 Å². The normalized spacial score (nSPS) is 10.8. The Balaban J connectivity index is 1.74. The highest BCUT2D eigenvalue weighted by Gasteiger charge is 2.09. The van der Waals surface area contributed by atoms with E-state index in [-0.39, 0.29) is 0 Å². The molecule has 0 aliphatic rings. The summed E-state index contributed by atoms with van der Waals surface area (Å²) < 4.78 is 2.28. The van der Waals surface area contributed by atoms with Crippen molar-refractivity contribution in [2.24, 2.45) is 0 Å². The summed E-state index contributed by atoms with van der Waals surface area (Å²) in [6.07, 6.45) is 3.61. The lowest BCUT2D eigenvalue weighted by Crippen LogP contribution is -2.17. The third kappa shape index (κ3) is 3.77. The van der Waals surface area contributed by atoms with Crippen LogP contribution < -0.4 is 5.32 Å². The first kappa shape index (κ1) is 15.3. The molecular formula is C19H21N3O. The van der Waals surface area contributed by atoms with E-state index < -0.39 is 0 Å². The van der Waals surface area contributed by atoms with E-state index >= 15 is 0 Å². The molecule has 23 heavy (non-hydrogen) atoms. The quantitative estimate of drug-likeness (QED) is 0.514. The van der Waals surface area contributed by atoms with Gasteiger partial charge < -0.3 is 9.88 Å². The van der Waals surface area contributed by atoms with E-state index in [4.69, 9.17) is 4.98 Å². The fraction of sp³-hybridized carbons (Fsp3) is 0.263. The van der Waals surface area contributed by atoms with Gasteiger partial charge in [-0.3, -0.25) is 4.79 Å². The number of aryl methyl sites for hydroxylation is 2. The standard InChI is InChI=1S/C19H21N3O/c23-15-20-13-12-19-21-17-10-4-5-11-18(17)22(19)14-6-9-16-7-2-1-3-8-16/h1-5,7-8,10-11,15H,6,9,12-14H2,(H,20,23). The number of amides is 1.